The number of carbonyl (C=O) groups is 1. The second kappa shape index (κ2) is 61.9. The van der Waals surface area contributed by atoms with Gasteiger partial charge in [0.2, 0.25) is 5.91 Å². The van der Waals surface area contributed by atoms with E-state index in [4.69, 9.17) is 0 Å². The molecule has 2 atom stereocenters. The first-order chi connectivity index (χ1) is 34.7. The van der Waals surface area contributed by atoms with Gasteiger partial charge in [0.05, 0.1) is 18.8 Å². The zero-order valence-corrected chi connectivity index (χ0v) is 47.8. The lowest BCUT2D eigenvalue weighted by atomic mass is 10.0. The molecule has 414 valence electrons. The van der Waals surface area contributed by atoms with Gasteiger partial charge in [-0.05, 0) is 51.4 Å². The molecule has 0 saturated heterocycles. The second-order valence-corrected chi connectivity index (χ2v) is 22.2. The predicted octanol–water partition coefficient (Wildman–Crippen LogP) is 21.6. The topological polar surface area (TPSA) is 69.6 Å². The average Bonchev–Trinajstić information content (AvgIpc) is 3.36. The summed E-state index contributed by atoms with van der Waals surface area (Å²) in [6.45, 7) is 4.35. The molecule has 2 unspecified atom stereocenters. The number of unbranched alkanes of at least 4 members (excludes halogenated alkanes) is 49. The molecule has 70 heavy (non-hydrogen) atoms. The van der Waals surface area contributed by atoms with Crippen molar-refractivity contribution in [2.24, 2.45) is 0 Å². The van der Waals surface area contributed by atoms with Crippen LogP contribution in [0, 0.1) is 0 Å². The maximum absolute atomic E-state index is 12.5. The predicted molar refractivity (Wildman–Crippen MR) is 313 cm³/mol. The molecular weight excluding hydrogens is 855 g/mol. The van der Waals surface area contributed by atoms with Gasteiger partial charge in [-0.25, -0.2) is 0 Å². The third kappa shape index (κ3) is 57.5. The molecular formula is C66H127NO3. The fraction of sp³-hybridized carbons (Fsp3) is 0.894. The summed E-state index contributed by atoms with van der Waals surface area (Å²) in [6, 6.07) is -0.622. The molecule has 0 fully saturated rings. The van der Waals surface area contributed by atoms with Gasteiger partial charge < -0.3 is 15.5 Å². The van der Waals surface area contributed by atoms with Crippen molar-refractivity contribution in [2.75, 3.05) is 6.61 Å². The molecule has 0 aliphatic heterocycles. The molecule has 4 nitrogen and oxygen atoms in total. The fourth-order valence-electron chi connectivity index (χ4n) is 10.2. The second-order valence-electron chi connectivity index (χ2n) is 22.2. The Morgan fingerprint density at radius 3 is 0.857 bits per heavy atom. The van der Waals surface area contributed by atoms with Gasteiger partial charge in [0.15, 0.2) is 0 Å². The van der Waals surface area contributed by atoms with E-state index >= 15 is 0 Å². The first kappa shape index (κ1) is 68.6. The number of nitrogens with one attached hydrogen (secondary N) is 1. The van der Waals surface area contributed by atoms with Crippen LogP contribution < -0.4 is 5.32 Å². The Hall–Kier alpha value is -1.39. The molecule has 0 heterocycles. The van der Waals surface area contributed by atoms with Gasteiger partial charge in [-0.1, -0.05) is 339 Å². The first-order valence-electron chi connectivity index (χ1n) is 32.2. The van der Waals surface area contributed by atoms with Crippen LogP contribution in [0.15, 0.2) is 36.5 Å². The average molecular weight is 983 g/mol. The van der Waals surface area contributed by atoms with E-state index in [0.29, 0.717) is 6.42 Å². The molecule has 4 heteroatoms. The van der Waals surface area contributed by atoms with Crippen molar-refractivity contribution in [3.63, 3.8) is 0 Å². The summed E-state index contributed by atoms with van der Waals surface area (Å²) in [4.78, 5) is 12.5. The van der Waals surface area contributed by atoms with Crippen molar-refractivity contribution in [2.45, 2.75) is 373 Å². The number of allylic oxidation sites excluding steroid dienone is 5. The van der Waals surface area contributed by atoms with Gasteiger partial charge in [-0.2, -0.15) is 0 Å². The van der Waals surface area contributed by atoms with Crippen LogP contribution in [0.5, 0.6) is 0 Å². The Balaban J connectivity index is 3.42. The van der Waals surface area contributed by atoms with Crippen molar-refractivity contribution in [1.82, 2.24) is 5.32 Å². The minimum absolute atomic E-state index is 0.0583. The lowest BCUT2D eigenvalue weighted by Gasteiger charge is -2.20. The molecule has 0 aliphatic rings. The molecule has 3 N–H and O–H groups in total. The number of hydrogen-bond donors (Lipinski definition) is 3. The Labute approximate surface area is 440 Å². The highest BCUT2D eigenvalue weighted by atomic mass is 16.3. The van der Waals surface area contributed by atoms with Gasteiger partial charge in [-0.15, -0.1) is 0 Å². The third-order valence-corrected chi connectivity index (χ3v) is 15.1. The number of aliphatic hydroxyl groups is 2. The summed E-state index contributed by atoms with van der Waals surface area (Å²) in [5, 5.41) is 23.2. The maximum atomic E-state index is 12.5. The Morgan fingerprint density at radius 2 is 0.586 bits per heavy atom. The van der Waals surface area contributed by atoms with Crippen molar-refractivity contribution in [3.8, 4) is 0 Å². The van der Waals surface area contributed by atoms with Crippen molar-refractivity contribution < 1.29 is 15.0 Å². The molecule has 0 aromatic carbocycles. The Bertz CT molecular complexity index is 1070. The number of hydrogen-bond acceptors (Lipinski definition) is 3. The van der Waals surface area contributed by atoms with Gasteiger partial charge in [0, 0.05) is 6.42 Å². The largest absolute Gasteiger partial charge is 0.394 e. The van der Waals surface area contributed by atoms with E-state index < -0.39 is 12.1 Å². The quantitative estimate of drug-likeness (QED) is 0.0420. The normalized spacial score (nSPS) is 12.9. The van der Waals surface area contributed by atoms with Gasteiger partial charge in [0.1, 0.15) is 0 Å². The van der Waals surface area contributed by atoms with E-state index in [-0.39, 0.29) is 12.5 Å². The summed E-state index contributed by atoms with van der Waals surface area (Å²) in [5.41, 5.74) is 0. The highest BCUT2D eigenvalue weighted by molar-refractivity contribution is 5.76. The van der Waals surface area contributed by atoms with Crippen LogP contribution in [0.4, 0.5) is 0 Å². The van der Waals surface area contributed by atoms with Crippen LogP contribution in [0.2, 0.25) is 0 Å². The van der Waals surface area contributed by atoms with Crippen LogP contribution in [-0.4, -0.2) is 34.9 Å². The molecule has 0 bridgehead atoms. The Kier molecular flexibility index (Phi) is 60.7. The van der Waals surface area contributed by atoms with Crippen LogP contribution in [0.1, 0.15) is 361 Å². The molecule has 1 amide bonds. The summed E-state index contributed by atoms with van der Waals surface area (Å²) >= 11 is 0. The highest BCUT2D eigenvalue weighted by Crippen LogP contribution is 2.18. The van der Waals surface area contributed by atoms with Gasteiger partial charge in [0.25, 0.3) is 0 Å². The number of aliphatic hydroxyl groups excluding tert-OH is 2. The van der Waals surface area contributed by atoms with Crippen LogP contribution in [-0.2, 0) is 4.79 Å². The zero-order valence-electron chi connectivity index (χ0n) is 47.8. The molecule has 0 aromatic heterocycles. The van der Waals surface area contributed by atoms with Crippen LogP contribution in [0.3, 0.4) is 0 Å². The first-order valence-corrected chi connectivity index (χ1v) is 32.2. The van der Waals surface area contributed by atoms with Crippen LogP contribution in [0.25, 0.3) is 0 Å². The standard InChI is InChI=1S/C66H127NO3/c1-3-5-7-9-11-13-15-17-19-21-23-24-25-26-27-28-29-30-31-32-33-34-35-36-37-38-39-40-41-42-44-46-48-50-52-54-56-58-60-62-66(70)67-64(63-68)65(69)61-59-57-55-53-51-49-47-45-43-22-20-18-16-14-12-10-8-6-4-2/h29-30,32-33,59,61,64-65,68-69H,3-28,31,34-58,60,62-63H2,1-2H3,(H,67,70)/b30-29-,33-32-,61-59+. The van der Waals surface area contributed by atoms with E-state index in [1.54, 1.807) is 6.08 Å². The number of carbonyl (C=O) groups excluding carboxylic acids is 1. The van der Waals surface area contributed by atoms with E-state index in [0.717, 1.165) is 32.1 Å². The van der Waals surface area contributed by atoms with Crippen molar-refractivity contribution in [3.05, 3.63) is 36.5 Å². The molecule has 0 spiro atoms. The van der Waals surface area contributed by atoms with Gasteiger partial charge in [-0.3, -0.25) is 4.79 Å². The summed E-state index contributed by atoms with van der Waals surface area (Å²) in [7, 11) is 0. The van der Waals surface area contributed by atoms with E-state index in [2.05, 4.69) is 43.5 Å². The minimum atomic E-state index is -0.839. The zero-order chi connectivity index (χ0) is 50.6. The summed E-state index contributed by atoms with van der Waals surface area (Å²) < 4.78 is 0. The molecule has 0 aliphatic carbocycles. The lowest BCUT2D eigenvalue weighted by Crippen LogP contribution is -2.45. The number of amides is 1. The van der Waals surface area contributed by atoms with Gasteiger partial charge >= 0.3 is 0 Å². The summed E-state index contributed by atoms with van der Waals surface area (Å²) in [5.74, 6) is -0.0583. The van der Waals surface area contributed by atoms with Crippen molar-refractivity contribution >= 4 is 5.91 Å². The number of rotatable bonds is 60. The smallest absolute Gasteiger partial charge is 0.220 e. The van der Waals surface area contributed by atoms with E-state index in [9.17, 15) is 15.0 Å². The molecule has 0 rings (SSSR count). The lowest BCUT2D eigenvalue weighted by molar-refractivity contribution is -0.123. The highest BCUT2D eigenvalue weighted by Gasteiger charge is 2.18. The minimum Gasteiger partial charge on any atom is -0.394 e. The Morgan fingerprint density at radius 1 is 0.343 bits per heavy atom. The molecule has 0 aromatic rings. The maximum Gasteiger partial charge on any atom is 0.220 e. The third-order valence-electron chi connectivity index (χ3n) is 15.1. The van der Waals surface area contributed by atoms with Crippen LogP contribution >= 0.6 is 0 Å². The summed E-state index contributed by atoms with van der Waals surface area (Å²) in [6.07, 6.45) is 85.0. The van der Waals surface area contributed by atoms with E-state index in [1.807, 2.05) is 6.08 Å². The molecule has 0 saturated carbocycles. The fourth-order valence-corrected chi connectivity index (χ4v) is 10.2. The van der Waals surface area contributed by atoms with E-state index in [1.165, 1.54) is 308 Å². The van der Waals surface area contributed by atoms with Crippen molar-refractivity contribution in [1.29, 1.82) is 0 Å². The molecule has 0 radical (unpaired) electrons. The monoisotopic (exact) mass is 982 g/mol. The SMILES string of the molecule is CCCCCCCCCCCCCCCCC/C=C\C/C=C\CCCCCCCCCCCCCCCCCCCC(=O)NC(CO)C(O)/C=C/CCCCCCCCCCCCCCCCCCC.